The van der Waals surface area contributed by atoms with Gasteiger partial charge in [0, 0.05) is 43.0 Å². The van der Waals surface area contributed by atoms with Crippen LogP contribution in [0.15, 0.2) is 0 Å². The molecule has 1 fully saturated rings. The van der Waals surface area contributed by atoms with Crippen LogP contribution in [0.1, 0.15) is 51.8 Å². The number of anilines is 1. The van der Waals surface area contributed by atoms with E-state index in [1.807, 2.05) is 0 Å². The molecule has 2 rings (SSSR count). The third kappa shape index (κ3) is 3.69. The Balaban J connectivity index is 1.85. The highest BCUT2D eigenvalue weighted by molar-refractivity contribution is 7.09. The van der Waals surface area contributed by atoms with Crippen molar-refractivity contribution in [3.63, 3.8) is 0 Å². The molecule has 0 saturated carbocycles. The Labute approximate surface area is 124 Å². The largest absolute Gasteiger partial charge is 0.356 e. The van der Waals surface area contributed by atoms with Crippen LogP contribution in [0.3, 0.4) is 0 Å². The van der Waals surface area contributed by atoms with Crippen molar-refractivity contribution in [1.82, 2.24) is 14.7 Å². The Morgan fingerprint density at radius 2 is 2.15 bits per heavy atom. The third-order valence-corrected chi connectivity index (χ3v) is 4.42. The van der Waals surface area contributed by atoms with Gasteiger partial charge in [-0.15, -0.1) is 0 Å². The molecule has 6 heteroatoms. The summed E-state index contributed by atoms with van der Waals surface area (Å²) in [5, 5.41) is 3.99. The number of rotatable bonds is 5. The summed E-state index contributed by atoms with van der Waals surface area (Å²) in [6, 6.07) is 0. The molecule has 0 bridgehead atoms. The van der Waals surface area contributed by atoms with Gasteiger partial charge in [-0.3, -0.25) is 4.79 Å². The standard InChI is InChI=1S/C14H24N4OS/c1-4-7-15-13(19)11-5-8-18(9-6-11)14-16-12(10(2)3)17-20-14/h10-11H,4-9H2,1-3H3,(H,15,19). The van der Waals surface area contributed by atoms with E-state index in [1.54, 1.807) is 0 Å². The number of hydrogen-bond acceptors (Lipinski definition) is 5. The van der Waals surface area contributed by atoms with Crippen molar-refractivity contribution in [1.29, 1.82) is 0 Å². The van der Waals surface area contributed by atoms with E-state index in [1.165, 1.54) is 11.5 Å². The van der Waals surface area contributed by atoms with Crippen LogP contribution in [0.4, 0.5) is 5.13 Å². The molecule has 1 aliphatic rings. The van der Waals surface area contributed by atoms with Crippen molar-refractivity contribution in [3.8, 4) is 0 Å². The highest BCUT2D eigenvalue weighted by Crippen LogP contribution is 2.26. The van der Waals surface area contributed by atoms with Gasteiger partial charge in [0.1, 0.15) is 5.82 Å². The molecule has 0 aromatic carbocycles. The normalized spacial score (nSPS) is 16.7. The first-order chi connectivity index (χ1) is 9.61. The van der Waals surface area contributed by atoms with Gasteiger partial charge in [0.2, 0.25) is 11.0 Å². The lowest BCUT2D eigenvalue weighted by atomic mass is 9.96. The van der Waals surface area contributed by atoms with Gasteiger partial charge in [-0.2, -0.15) is 4.37 Å². The maximum absolute atomic E-state index is 11.9. The molecule has 1 aliphatic heterocycles. The van der Waals surface area contributed by atoms with E-state index in [0.717, 1.165) is 49.9 Å². The number of piperidine rings is 1. The van der Waals surface area contributed by atoms with Crippen LogP contribution in [0.5, 0.6) is 0 Å². The first-order valence-corrected chi connectivity index (χ1v) is 8.25. The molecule has 0 aliphatic carbocycles. The molecule has 0 radical (unpaired) electrons. The molecule has 1 N–H and O–H groups in total. The van der Waals surface area contributed by atoms with Crippen LogP contribution in [0, 0.1) is 5.92 Å². The van der Waals surface area contributed by atoms with Gasteiger partial charge in [-0.1, -0.05) is 20.8 Å². The maximum atomic E-state index is 11.9. The molecular weight excluding hydrogens is 272 g/mol. The summed E-state index contributed by atoms with van der Waals surface area (Å²) in [4.78, 5) is 18.8. The van der Waals surface area contributed by atoms with Gasteiger partial charge in [-0.05, 0) is 19.3 Å². The van der Waals surface area contributed by atoms with Crippen molar-refractivity contribution in [2.24, 2.45) is 5.92 Å². The Hall–Kier alpha value is -1.17. The number of nitrogens with zero attached hydrogens (tertiary/aromatic N) is 3. The first-order valence-electron chi connectivity index (χ1n) is 7.48. The average molecular weight is 296 g/mol. The predicted molar refractivity (Wildman–Crippen MR) is 82.2 cm³/mol. The summed E-state index contributed by atoms with van der Waals surface area (Å²) in [7, 11) is 0. The lowest BCUT2D eigenvalue weighted by molar-refractivity contribution is -0.125. The van der Waals surface area contributed by atoms with Crippen LogP contribution in [0.25, 0.3) is 0 Å². The number of hydrogen-bond donors (Lipinski definition) is 1. The predicted octanol–water partition coefficient (Wildman–Crippen LogP) is 2.40. The molecular formula is C14H24N4OS. The molecule has 0 unspecified atom stereocenters. The monoisotopic (exact) mass is 296 g/mol. The van der Waals surface area contributed by atoms with Crippen LogP contribution in [-0.4, -0.2) is 34.9 Å². The first kappa shape index (κ1) is 15.2. The zero-order valence-electron chi connectivity index (χ0n) is 12.6. The minimum atomic E-state index is 0.162. The number of carbonyl (C=O) groups is 1. The second-order valence-corrected chi connectivity index (χ2v) is 6.37. The molecule has 1 amide bonds. The van der Waals surface area contributed by atoms with E-state index in [4.69, 9.17) is 0 Å². The number of carbonyl (C=O) groups excluding carboxylic acids is 1. The summed E-state index contributed by atoms with van der Waals surface area (Å²) < 4.78 is 4.40. The van der Waals surface area contributed by atoms with Crippen molar-refractivity contribution in [3.05, 3.63) is 5.82 Å². The van der Waals surface area contributed by atoms with Crippen molar-refractivity contribution >= 4 is 22.6 Å². The van der Waals surface area contributed by atoms with E-state index in [9.17, 15) is 4.79 Å². The zero-order chi connectivity index (χ0) is 14.5. The average Bonchev–Trinajstić information content (AvgIpc) is 2.95. The van der Waals surface area contributed by atoms with E-state index in [2.05, 4.69) is 40.3 Å². The lowest BCUT2D eigenvalue weighted by Gasteiger charge is -2.30. The minimum absolute atomic E-state index is 0.162. The third-order valence-electron chi connectivity index (χ3n) is 3.63. The summed E-state index contributed by atoms with van der Waals surface area (Å²) in [5.41, 5.74) is 0. The highest BCUT2D eigenvalue weighted by Gasteiger charge is 2.26. The van der Waals surface area contributed by atoms with Gasteiger partial charge in [0.15, 0.2) is 0 Å². The van der Waals surface area contributed by atoms with Gasteiger partial charge < -0.3 is 10.2 Å². The minimum Gasteiger partial charge on any atom is -0.356 e. The quantitative estimate of drug-likeness (QED) is 0.906. The molecule has 2 heterocycles. The fourth-order valence-corrected chi connectivity index (χ4v) is 3.17. The maximum Gasteiger partial charge on any atom is 0.223 e. The molecule has 1 saturated heterocycles. The molecule has 0 spiro atoms. The number of amides is 1. The second kappa shape index (κ2) is 7.02. The van der Waals surface area contributed by atoms with E-state index in [0.29, 0.717) is 5.92 Å². The summed E-state index contributed by atoms with van der Waals surface area (Å²) in [6.07, 6.45) is 2.81. The number of nitrogens with one attached hydrogen (secondary N) is 1. The Kier molecular flexibility index (Phi) is 5.34. The summed E-state index contributed by atoms with van der Waals surface area (Å²) in [6.45, 7) is 8.87. The van der Waals surface area contributed by atoms with Gasteiger partial charge in [0.25, 0.3) is 0 Å². The molecule has 20 heavy (non-hydrogen) atoms. The van der Waals surface area contributed by atoms with Crippen LogP contribution >= 0.6 is 11.5 Å². The van der Waals surface area contributed by atoms with Crippen molar-refractivity contribution in [2.75, 3.05) is 24.5 Å². The van der Waals surface area contributed by atoms with Crippen molar-refractivity contribution in [2.45, 2.75) is 46.0 Å². The Morgan fingerprint density at radius 3 is 2.70 bits per heavy atom. The topological polar surface area (TPSA) is 58.1 Å². The lowest BCUT2D eigenvalue weighted by Crippen LogP contribution is -2.40. The second-order valence-electron chi connectivity index (χ2n) is 5.64. The SMILES string of the molecule is CCCNC(=O)C1CCN(c2nc(C(C)C)ns2)CC1. The summed E-state index contributed by atoms with van der Waals surface area (Å²) >= 11 is 1.47. The zero-order valence-corrected chi connectivity index (χ0v) is 13.4. The van der Waals surface area contributed by atoms with Gasteiger partial charge in [0.05, 0.1) is 0 Å². The van der Waals surface area contributed by atoms with Crippen molar-refractivity contribution < 1.29 is 4.79 Å². The van der Waals surface area contributed by atoms with E-state index < -0.39 is 0 Å². The van der Waals surface area contributed by atoms with Crippen LogP contribution in [0.2, 0.25) is 0 Å². The van der Waals surface area contributed by atoms with Crippen LogP contribution in [-0.2, 0) is 4.79 Å². The fourth-order valence-electron chi connectivity index (χ4n) is 2.31. The van der Waals surface area contributed by atoms with E-state index >= 15 is 0 Å². The highest BCUT2D eigenvalue weighted by atomic mass is 32.1. The van der Waals surface area contributed by atoms with Gasteiger partial charge >= 0.3 is 0 Å². The van der Waals surface area contributed by atoms with Crippen LogP contribution < -0.4 is 10.2 Å². The fraction of sp³-hybridized carbons (Fsp3) is 0.786. The molecule has 0 atom stereocenters. The molecule has 1 aromatic heterocycles. The molecule has 5 nitrogen and oxygen atoms in total. The Bertz CT molecular complexity index is 438. The molecule has 1 aromatic rings. The number of aromatic nitrogens is 2. The smallest absolute Gasteiger partial charge is 0.223 e. The Morgan fingerprint density at radius 1 is 1.45 bits per heavy atom. The van der Waals surface area contributed by atoms with E-state index in [-0.39, 0.29) is 11.8 Å². The molecule has 112 valence electrons. The van der Waals surface area contributed by atoms with Gasteiger partial charge in [-0.25, -0.2) is 4.98 Å². The summed E-state index contributed by atoms with van der Waals surface area (Å²) in [5.74, 6) is 1.67.